The molecule has 0 saturated heterocycles. The van der Waals surface area contributed by atoms with E-state index in [1.165, 1.54) is 270 Å². The number of ether oxygens (including phenoxy) is 3. The highest BCUT2D eigenvalue weighted by molar-refractivity contribution is 5.71. The molecular formula is C75H138O6. The zero-order valence-corrected chi connectivity index (χ0v) is 54.6. The van der Waals surface area contributed by atoms with Gasteiger partial charge in [0.25, 0.3) is 0 Å². The summed E-state index contributed by atoms with van der Waals surface area (Å²) in [6.45, 7) is 6.61. The summed E-state index contributed by atoms with van der Waals surface area (Å²) in [5.41, 5.74) is 0. The lowest BCUT2D eigenvalue weighted by Gasteiger charge is -2.18. The third-order valence-electron chi connectivity index (χ3n) is 16.3. The molecule has 1 unspecified atom stereocenters. The van der Waals surface area contributed by atoms with Crippen molar-refractivity contribution in [2.75, 3.05) is 13.2 Å². The molecule has 0 N–H and O–H groups in total. The summed E-state index contributed by atoms with van der Waals surface area (Å²) in [7, 11) is 0. The van der Waals surface area contributed by atoms with Gasteiger partial charge in [0, 0.05) is 19.3 Å². The van der Waals surface area contributed by atoms with Crippen molar-refractivity contribution in [2.24, 2.45) is 0 Å². The van der Waals surface area contributed by atoms with Crippen molar-refractivity contribution >= 4 is 17.9 Å². The third kappa shape index (κ3) is 68.0. The normalized spacial score (nSPS) is 12.3. The highest BCUT2D eigenvalue weighted by Gasteiger charge is 2.19. The Balaban J connectivity index is 4.29. The molecule has 0 bridgehead atoms. The molecule has 0 rings (SSSR count). The van der Waals surface area contributed by atoms with Crippen LogP contribution in [0.1, 0.15) is 393 Å². The first kappa shape index (κ1) is 78.4. The molecular weight excluding hydrogens is 997 g/mol. The molecule has 474 valence electrons. The molecule has 0 radical (unpaired) electrons. The van der Waals surface area contributed by atoms with Gasteiger partial charge in [-0.1, -0.05) is 365 Å². The van der Waals surface area contributed by atoms with Crippen molar-refractivity contribution in [1.29, 1.82) is 0 Å². The predicted octanol–water partition coefficient (Wildman–Crippen LogP) is 24.9. The molecule has 0 amide bonds. The molecule has 0 spiro atoms. The Morgan fingerprint density at radius 3 is 0.753 bits per heavy atom. The number of unbranched alkanes of at least 4 members (excludes halogenated alkanes) is 48. The molecule has 0 aromatic carbocycles. The van der Waals surface area contributed by atoms with E-state index >= 15 is 0 Å². The van der Waals surface area contributed by atoms with Crippen LogP contribution in [-0.2, 0) is 28.6 Å². The fraction of sp³-hybridized carbons (Fsp3) is 0.853. The summed E-state index contributed by atoms with van der Waals surface area (Å²) in [6, 6.07) is 0. The highest BCUT2D eigenvalue weighted by atomic mass is 16.6. The van der Waals surface area contributed by atoms with Crippen molar-refractivity contribution in [2.45, 2.75) is 399 Å². The van der Waals surface area contributed by atoms with Crippen LogP contribution in [0, 0.1) is 0 Å². The standard InChI is InChI=1S/C75H138O6/c1-4-7-10-13-16-19-22-25-28-31-33-35-37-39-40-42-44-47-50-53-56-59-62-65-68-74(77)80-71-72(70-79-73(76)67-64-61-58-55-52-49-46-30-27-24-21-18-15-12-9-6-3)81-75(78)69-66-63-60-57-54-51-48-45-43-41-38-36-34-32-29-26-23-20-17-14-11-8-5-2/h8,11,17,20,26,29,34,36,72H,4-7,9-10,12-16,18-19,21-25,27-28,30-33,35,37-71H2,1-3H3/b11-8-,20-17-,29-26-,36-34-. The first-order valence-corrected chi connectivity index (χ1v) is 36.1. The van der Waals surface area contributed by atoms with Crippen LogP contribution in [0.15, 0.2) is 48.6 Å². The van der Waals surface area contributed by atoms with E-state index in [0.29, 0.717) is 19.3 Å². The van der Waals surface area contributed by atoms with Crippen LogP contribution in [0.5, 0.6) is 0 Å². The van der Waals surface area contributed by atoms with Crippen LogP contribution in [0.3, 0.4) is 0 Å². The number of carbonyl (C=O) groups excluding carboxylic acids is 3. The number of rotatable bonds is 67. The van der Waals surface area contributed by atoms with E-state index < -0.39 is 6.10 Å². The first-order chi connectivity index (χ1) is 40.0. The van der Waals surface area contributed by atoms with Crippen LogP contribution in [-0.4, -0.2) is 37.2 Å². The molecule has 0 aliphatic heterocycles. The topological polar surface area (TPSA) is 78.9 Å². The molecule has 0 aromatic rings. The first-order valence-electron chi connectivity index (χ1n) is 36.1. The molecule has 6 heteroatoms. The maximum atomic E-state index is 13.0. The van der Waals surface area contributed by atoms with E-state index in [1.54, 1.807) is 0 Å². The van der Waals surface area contributed by atoms with Gasteiger partial charge < -0.3 is 14.2 Å². The Morgan fingerprint density at radius 2 is 0.481 bits per heavy atom. The van der Waals surface area contributed by atoms with Gasteiger partial charge in [0.1, 0.15) is 13.2 Å². The monoisotopic (exact) mass is 1140 g/mol. The summed E-state index contributed by atoms with van der Waals surface area (Å²) < 4.78 is 17.0. The maximum Gasteiger partial charge on any atom is 0.306 e. The van der Waals surface area contributed by atoms with Crippen molar-refractivity contribution in [1.82, 2.24) is 0 Å². The van der Waals surface area contributed by atoms with Gasteiger partial charge in [-0.2, -0.15) is 0 Å². The van der Waals surface area contributed by atoms with Crippen LogP contribution in [0.4, 0.5) is 0 Å². The number of allylic oxidation sites excluding steroid dienone is 8. The second-order valence-electron chi connectivity index (χ2n) is 24.5. The molecule has 1 atom stereocenters. The quantitative estimate of drug-likeness (QED) is 0.0261. The third-order valence-corrected chi connectivity index (χ3v) is 16.3. The van der Waals surface area contributed by atoms with Gasteiger partial charge in [0.2, 0.25) is 0 Å². The average molecular weight is 1140 g/mol. The van der Waals surface area contributed by atoms with Crippen molar-refractivity contribution < 1.29 is 28.6 Å². The Kier molecular flexibility index (Phi) is 67.6. The van der Waals surface area contributed by atoms with Crippen molar-refractivity contribution in [3.05, 3.63) is 48.6 Å². The van der Waals surface area contributed by atoms with Crippen molar-refractivity contribution in [3.63, 3.8) is 0 Å². The summed E-state index contributed by atoms with van der Waals surface area (Å²) in [4.78, 5) is 38.5. The highest BCUT2D eigenvalue weighted by Crippen LogP contribution is 2.19. The minimum Gasteiger partial charge on any atom is -0.462 e. The van der Waals surface area contributed by atoms with Gasteiger partial charge in [-0.3, -0.25) is 14.4 Å². The molecule has 0 aromatic heterocycles. The Morgan fingerprint density at radius 1 is 0.259 bits per heavy atom. The molecule has 0 aliphatic carbocycles. The number of esters is 3. The summed E-state index contributed by atoms with van der Waals surface area (Å²) in [6.07, 6.45) is 88.5. The van der Waals surface area contributed by atoms with Gasteiger partial charge in [0.05, 0.1) is 0 Å². The van der Waals surface area contributed by atoms with Crippen LogP contribution >= 0.6 is 0 Å². The van der Waals surface area contributed by atoms with E-state index in [4.69, 9.17) is 14.2 Å². The molecule has 0 heterocycles. The van der Waals surface area contributed by atoms with Gasteiger partial charge in [-0.25, -0.2) is 0 Å². The second-order valence-corrected chi connectivity index (χ2v) is 24.5. The SMILES string of the molecule is CC/C=C\C/C=C\C/C=C\C/C=C\CCCCCCCCCCCCC(=O)OC(COC(=O)CCCCCCCCCCCCCCCCCC)COC(=O)CCCCCCCCCCCCCCCCCCCCCCCCCC. The maximum absolute atomic E-state index is 13.0. The van der Waals surface area contributed by atoms with E-state index in [1.807, 2.05) is 0 Å². The van der Waals surface area contributed by atoms with Crippen LogP contribution in [0.2, 0.25) is 0 Å². The zero-order valence-electron chi connectivity index (χ0n) is 54.6. The molecule has 0 fully saturated rings. The van der Waals surface area contributed by atoms with Crippen LogP contribution < -0.4 is 0 Å². The second kappa shape index (κ2) is 69.9. The average Bonchev–Trinajstić information content (AvgIpc) is 3.47. The summed E-state index contributed by atoms with van der Waals surface area (Å²) >= 11 is 0. The van der Waals surface area contributed by atoms with E-state index in [2.05, 4.69) is 69.4 Å². The lowest BCUT2D eigenvalue weighted by molar-refractivity contribution is -0.167. The lowest BCUT2D eigenvalue weighted by Crippen LogP contribution is -2.30. The molecule has 6 nitrogen and oxygen atoms in total. The molecule has 0 saturated carbocycles. The fourth-order valence-corrected chi connectivity index (χ4v) is 11.0. The minimum absolute atomic E-state index is 0.0687. The van der Waals surface area contributed by atoms with Gasteiger partial charge >= 0.3 is 17.9 Å². The zero-order chi connectivity index (χ0) is 58.5. The number of hydrogen-bond acceptors (Lipinski definition) is 6. The van der Waals surface area contributed by atoms with Gasteiger partial charge in [-0.05, 0) is 57.8 Å². The molecule has 81 heavy (non-hydrogen) atoms. The Hall–Kier alpha value is -2.63. The number of carbonyl (C=O) groups is 3. The number of hydrogen-bond donors (Lipinski definition) is 0. The van der Waals surface area contributed by atoms with Gasteiger partial charge in [-0.15, -0.1) is 0 Å². The van der Waals surface area contributed by atoms with Crippen molar-refractivity contribution in [3.8, 4) is 0 Å². The fourth-order valence-electron chi connectivity index (χ4n) is 11.0. The largest absolute Gasteiger partial charge is 0.462 e. The smallest absolute Gasteiger partial charge is 0.306 e. The Labute approximate surface area is 505 Å². The minimum atomic E-state index is -0.774. The van der Waals surface area contributed by atoms with Gasteiger partial charge in [0.15, 0.2) is 6.10 Å². The summed E-state index contributed by atoms with van der Waals surface area (Å²) in [5.74, 6) is -0.842. The molecule has 0 aliphatic rings. The lowest BCUT2D eigenvalue weighted by atomic mass is 10.0. The van der Waals surface area contributed by atoms with E-state index in [0.717, 1.165) is 83.5 Å². The Bertz CT molecular complexity index is 1400. The van der Waals surface area contributed by atoms with Crippen LogP contribution in [0.25, 0.3) is 0 Å². The van der Waals surface area contributed by atoms with E-state index in [9.17, 15) is 14.4 Å². The summed E-state index contributed by atoms with van der Waals surface area (Å²) in [5, 5.41) is 0. The van der Waals surface area contributed by atoms with E-state index in [-0.39, 0.29) is 31.1 Å². The predicted molar refractivity (Wildman–Crippen MR) is 353 cm³/mol.